The van der Waals surface area contributed by atoms with Gasteiger partial charge in [0.2, 0.25) is 5.88 Å². The van der Waals surface area contributed by atoms with Gasteiger partial charge >= 0.3 is 5.97 Å². The van der Waals surface area contributed by atoms with Crippen molar-refractivity contribution in [3.8, 4) is 11.6 Å². The molecule has 1 aliphatic rings. The Morgan fingerprint density at radius 2 is 1.77 bits per heavy atom. The lowest BCUT2D eigenvalue weighted by atomic mass is 10.1. The maximum Gasteiger partial charge on any atom is 0.341 e. The second-order valence-electron chi connectivity index (χ2n) is 8.00. The first kappa shape index (κ1) is 22.3. The number of rotatable bonds is 6. The van der Waals surface area contributed by atoms with Crippen molar-refractivity contribution in [1.82, 2.24) is 29.9 Å². The second kappa shape index (κ2) is 9.75. The van der Waals surface area contributed by atoms with E-state index in [4.69, 9.17) is 9.84 Å². The normalized spacial score (nSPS) is 14.1. The molecule has 3 aromatic heterocycles. The van der Waals surface area contributed by atoms with Crippen LogP contribution in [0.2, 0.25) is 0 Å². The Labute approximate surface area is 200 Å². The molecule has 1 N–H and O–H groups in total. The molecule has 11 heteroatoms. The highest BCUT2D eigenvalue weighted by Gasteiger charge is 2.24. The zero-order chi connectivity index (χ0) is 24.2. The summed E-state index contributed by atoms with van der Waals surface area (Å²) >= 11 is 0. The standard InChI is InChI=1S/C24H23N7O4/c32-22(33)16-35-21-7-6-17-19(28-21)8-9-25-23(17)29-12-3-13-30(15-14-29)24(34)18-4-1-2-5-20(18)31-26-10-11-27-31/h1-2,4-11H,3,12-16H2,(H,32,33). The highest BCUT2D eigenvalue weighted by molar-refractivity contribution is 5.98. The molecular formula is C24H23N7O4. The van der Waals surface area contributed by atoms with Crippen molar-refractivity contribution in [2.24, 2.45) is 0 Å². The zero-order valence-electron chi connectivity index (χ0n) is 18.8. The third kappa shape index (κ3) is 4.74. The number of carboxylic acid groups (broad SMARTS) is 1. The van der Waals surface area contributed by atoms with E-state index in [-0.39, 0.29) is 11.8 Å². The summed E-state index contributed by atoms with van der Waals surface area (Å²) in [6.45, 7) is 2.04. The number of hydrogen-bond donors (Lipinski definition) is 1. The predicted molar refractivity (Wildman–Crippen MR) is 127 cm³/mol. The largest absolute Gasteiger partial charge is 0.479 e. The van der Waals surface area contributed by atoms with E-state index in [0.717, 1.165) is 24.2 Å². The van der Waals surface area contributed by atoms with Crippen LogP contribution in [0.15, 0.2) is 61.1 Å². The van der Waals surface area contributed by atoms with E-state index in [0.29, 0.717) is 36.4 Å². The monoisotopic (exact) mass is 473 g/mol. The lowest BCUT2D eigenvalue weighted by Crippen LogP contribution is -2.36. The molecule has 4 heterocycles. The van der Waals surface area contributed by atoms with Crippen LogP contribution in [-0.2, 0) is 4.79 Å². The molecular weight excluding hydrogens is 450 g/mol. The SMILES string of the molecule is O=C(O)COc1ccc2c(N3CCCN(C(=O)c4ccccc4-n4nccn4)CC3)nccc2n1. The highest BCUT2D eigenvalue weighted by atomic mass is 16.5. The Kier molecular flexibility index (Phi) is 6.20. The number of carbonyl (C=O) groups is 2. The molecule has 4 aromatic rings. The fraction of sp³-hybridized carbons (Fsp3) is 0.250. The van der Waals surface area contributed by atoms with Crippen molar-refractivity contribution in [3.63, 3.8) is 0 Å². The summed E-state index contributed by atoms with van der Waals surface area (Å²) in [5.74, 6) is -0.104. The van der Waals surface area contributed by atoms with Crippen LogP contribution in [0.25, 0.3) is 16.6 Å². The first-order valence-electron chi connectivity index (χ1n) is 11.2. The first-order chi connectivity index (χ1) is 17.1. The Morgan fingerprint density at radius 3 is 2.60 bits per heavy atom. The highest BCUT2D eigenvalue weighted by Crippen LogP contribution is 2.26. The fourth-order valence-corrected chi connectivity index (χ4v) is 4.16. The third-order valence-electron chi connectivity index (χ3n) is 5.76. The molecule has 1 saturated heterocycles. The Bertz CT molecular complexity index is 1360. The van der Waals surface area contributed by atoms with Gasteiger partial charge in [0, 0.05) is 43.8 Å². The van der Waals surface area contributed by atoms with Crippen LogP contribution in [0, 0.1) is 0 Å². The number of pyridine rings is 2. The fourth-order valence-electron chi connectivity index (χ4n) is 4.16. The molecule has 0 saturated carbocycles. The van der Waals surface area contributed by atoms with Crippen LogP contribution in [-0.4, -0.2) is 79.6 Å². The van der Waals surface area contributed by atoms with Crippen LogP contribution >= 0.6 is 0 Å². The summed E-state index contributed by atoms with van der Waals surface area (Å²) in [6, 6.07) is 12.6. The number of aliphatic carboxylic acids is 1. The predicted octanol–water partition coefficient (Wildman–Crippen LogP) is 2.03. The number of hydrogen-bond acceptors (Lipinski definition) is 8. The molecule has 1 amide bonds. The molecule has 1 fully saturated rings. The van der Waals surface area contributed by atoms with Crippen LogP contribution in [0.5, 0.6) is 5.88 Å². The van der Waals surface area contributed by atoms with Gasteiger partial charge in [0.1, 0.15) is 5.82 Å². The van der Waals surface area contributed by atoms with Crippen LogP contribution in [0.4, 0.5) is 5.82 Å². The molecule has 0 atom stereocenters. The molecule has 0 unspecified atom stereocenters. The van der Waals surface area contributed by atoms with E-state index in [2.05, 4.69) is 25.1 Å². The summed E-state index contributed by atoms with van der Waals surface area (Å²) in [5, 5.41) is 18.0. The lowest BCUT2D eigenvalue weighted by Gasteiger charge is -2.24. The minimum atomic E-state index is -1.06. The molecule has 11 nitrogen and oxygen atoms in total. The quantitative estimate of drug-likeness (QED) is 0.447. The molecule has 35 heavy (non-hydrogen) atoms. The van der Waals surface area contributed by atoms with Gasteiger partial charge in [-0.05, 0) is 30.7 Å². The number of amides is 1. The summed E-state index contributed by atoms with van der Waals surface area (Å²) < 4.78 is 5.20. The summed E-state index contributed by atoms with van der Waals surface area (Å²) in [5.41, 5.74) is 1.86. The number of ether oxygens (including phenoxy) is 1. The van der Waals surface area contributed by atoms with Crippen molar-refractivity contribution in [2.75, 3.05) is 37.7 Å². The number of benzene rings is 1. The van der Waals surface area contributed by atoms with Crippen molar-refractivity contribution in [2.45, 2.75) is 6.42 Å². The molecule has 0 bridgehead atoms. The molecule has 1 aromatic carbocycles. The van der Waals surface area contributed by atoms with Gasteiger partial charge in [-0.1, -0.05) is 12.1 Å². The summed E-state index contributed by atoms with van der Waals surface area (Å²) in [7, 11) is 0. The molecule has 0 spiro atoms. The third-order valence-corrected chi connectivity index (χ3v) is 5.76. The van der Waals surface area contributed by atoms with Gasteiger partial charge in [-0.2, -0.15) is 15.0 Å². The minimum absolute atomic E-state index is 0.0625. The molecule has 1 aliphatic heterocycles. The lowest BCUT2D eigenvalue weighted by molar-refractivity contribution is -0.139. The van der Waals surface area contributed by atoms with Crippen LogP contribution in [0.1, 0.15) is 16.8 Å². The molecule has 5 rings (SSSR count). The number of fused-ring (bicyclic) bond motifs is 1. The van der Waals surface area contributed by atoms with Gasteiger partial charge in [0.15, 0.2) is 6.61 Å². The van der Waals surface area contributed by atoms with E-state index in [9.17, 15) is 9.59 Å². The maximum atomic E-state index is 13.4. The average Bonchev–Trinajstić information content (AvgIpc) is 3.31. The Morgan fingerprint density at radius 1 is 0.943 bits per heavy atom. The van der Waals surface area contributed by atoms with E-state index >= 15 is 0 Å². The van der Waals surface area contributed by atoms with Gasteiger partial charge in [-0.15, -0.1) is 0 Å². The van der Waals surface area contributed by atoms with Gasteiger partial charge in [0.25, 0.3) is 5.91 Å². The number of anilines is 1. The molecule has 178 valence electrons. The van der Waals surface area contributed by atoms with Gasteiger partial charge in [-0.3, -0.25) is 4.79 Å². The average molecular weight is 473 g/mol. The maximum absolute atomic E-state index is 13.4. The molecule has 0 radical (unpaired) electrons. The number of nitrogens with zero attached hydrogens (tertiary/aromatic N) is 7. The van der Waals surface area contributed by atoms with Crippen molar-refractivity contribution >= 4 is 28.6 Å². The Hall–Kier alpha value is -4.54. The van der Waals surface area contributed by atoms with E-state index in [1.165, 1.54) is 4.80 Å². The minimum Gasteiger partial charge on any atom is -0.479 e. The van der Waals surface area contributed by atoms with Gasteiger partial charge < -0.3 is 19.6 Å². The zero-order valence-corrected chi connectivity index (χ0v) is 18.8. The first-order valence-corrected chi connectivity index (χ1v) is 11.2. The van der Waals surface area contributed by atoms with Crippen molar-refractivity contribution in [1.29, 1.82) is 0 Å². The number of carbonyl (C=O) groups excluding carboxylic acids is 1. The van der Waals surface area contributed by atoms with Gasteiger partial charge in [-0.25, -0.2) is 14.8 Å². The van der Waals surface area contributed by atoms with E-state index in [1.807, 2.05) is 29.2 Å². The van der Waals surface area contributed by atoms with Crippen molar-refractivity contribution in [3.05, 3.63) is 66.6 Å². The summed E-state index contributed by atoms with van der Waals surface area (Å²) in [6.07, 6.45) is 5.61. The Balaban J connectivity index is 1.34. The number of carboxylic acids is 1. The van der Waals surface area contributed by atoms with Crippen LogP contribution < -0.4 is 9.64 Å². The molecule has 0 aliphatic carbocycles. The summed E-state index contributed by atoms with van der Waals surface area (Å²) in [4.78, 5) is 38.6. The second-order valence-corrected chi connectivity index (χ2v) is 8.00. The number of aromatic nitrogens is 5. The smallest absolute Gasteiger partial charge is 0.341 e. The van der Waals surface area contributed by atoms with Crippen molar-refractivity contribution < 1.29 is 19.4 Å². The van der Waals surface area contributed by atoms with Crippen LogP contribution in [0.3, 0.4) is 0 Å². The van der Waals surface area contributed by atoms with E-state index in [1.54, 1.807) is 36.8 Å². The topological polar surface area (TPSA) is 127 Å². The van der Waals surface area contributed by atoms with E-state index < -0.39 is 12.6 Å². The van der Waals surface area contributed by atoms with Gasteiger partial charge in [0.05, 0.1) is 29.2 Å². The number of para-hydroxylation sites is 1.